The average molecular weight is 390 g/mol. The van der Waals surface area contributed by atoms with Gasteiger partial charge in [0.1, 0.15) is 5.00 Å². The zero-order valence-electron chi connectivity index (χ0n) is 15.0. The number of hydrogen-bond donors (Lipinski definition) is 1. The van der Waals surface area contributed by atoms with Crippen LogP contribution in [0, 0.1) is 6.92 Å². The molecule has 1 aromatic carbocycles. The van der Waals surface area contributed by atoms with Crippen molar-refractivity contribution in [2.24, 2.45) is 0 Å². The third-order valence-corrected chi connectivity index (χ3v) is 5.72. The molecule has 0 amide bonds. The molecule has 1 saturated heterocycles. The van der Waals surface area contributed by atoms with Crippen LogP contribution in [0.4, 0.5) is 5.00 Å². The molecular weight excluding hydrogens is 366 g/mol. The number of thiocarbonyl (C=S) groups is 1. The Bertz CT molecular complexity index is 768. The van der Waals surface area contributed by atoms with Crippen molar-refractivity contribution in [2.45, 2.75) is 13.5 Å². The Kier molecular flexibility index (Phi) is 6.24. The van der Waals surface area contributed by atoms with Crippen LogP contribution in [0.5, 0.6) is 0 Å². The van der Waals surface area contributed by atoms with Gasteiger partial charge in [0, 0.05) is 37.6 Å². The first-order valence-electron chi connectivity index (χ1n) is 8.58. The Morgan fingerprint density at radius 2 is 1.92 bits per heavy atom. The highest BCUT2D eigenvalue weighted by Crippen LogP contribution is 2.28. The molecule has 7 heteroatoms. The summed E-state index contributed by atoms with van der Waals surface area (Å²) in [5, 5.41) is 4.66. The number of thiophene rings is 1. The van der Waals surface area contributed by atoms with Crippen molar-refractivity contribution >= 4 is 39.6 Å². The van der Waals surface area contributed by atoms with E-state index in [2.05, 4.69) is 39.4 Å². The number of piperazine rings is 1. The van der Waals surface area contributed by atoms with Crippen LogP contribution >= 0.6 is 23.6 Å². The third-order valence-electron chi connectivity index (χ3n) is 4.39. The Hall–Kier alpha value is -1.96. The van der Waals surface area contributed by atoms with E-state index >= 15 is 0 Å². The number of aryl methyl sites for hydroxylation is 1. The number of rotatable bonds is 4. The molecule has 1 aliphatic rings. The van der Waals surface area contributed by atoms with Gasteiger partial charge in [0.15, 0.2) is 5.11 Å². The van der Waals surface area contributed by atoms with Gasteiger partial charge in [-0.25, -0.2) is 4.79 Å². The van der Waals surface area contributed by atoms with Gasteiger partial charge in [0.05, 0.1) is 12.7 Å². The van der Waals surface area contributed by atoms with E-state index in [0.717, 1.165) is 42.6 Å². The number of nitrogens with one attached hydrogen (secondary N) is 1. The molecule has 1 N–H and O–H groups in total. The standard InChI is InChI=1S/C19H23N3O2S2/c1-14-12-16(18(23)24-2)17(26-14)20-19(25)22-10-8-21(9-11-22)13-15-6-4-3-5-7-15/h3-7,12H,8-11,13H2,1-2H3,(H,20,25). The zero-order chi connectivity index (χ0) is 18.5. The van der Waals surface area contributed by atoms with Crippen LogP contribution in [0.3, 0.4) is 0 Å². The first kappa shape index (κ1) is 18.8. The number of anilines is 1. The van der Waals surface area contributed by atoms with Gasteiger partial charge < -0.3 is 15.0 Å². The Morgan fingerprint density at radius 1 is 1.23 bits per heavy atom. The zero-order valence-corrected chi connectivity index (χ0v) is 16.7. The minimum absolute atomic E-state index is 0.340. The van der Waals surface area contributed by atoms with Crippen molar-refractivity contribution < 1.29 is 9.53 Å². The van der Waals surface area contributed by atoms with Gasteiger partial charge in [-0.2, -0.15) is 0 Å². The molecule has 1 fully saturated rings. The van der Waals surface area contributed by atoms with Crippen LogP contribution in [0.15, 0.2) is 36.4 Å². The van der Waals surface area contributed by atoms with E-state index in [4.69, 9.17) is 17.0 Å². The number of methoxy groups -OCH3 is 1. The monoisotopic (exact) mass is 389 g/mol. The maximum absolute atomic E-state index is 11.9. The van der Waals surface area contributed by atoms with E-state index in [1.807, 2.05) is 19.1 Å². The molecule has 0 spiro atoms. The number of benzene rings is 1. The summed E-state index contributed by atoms with van der Waals surface area (Å²) in [7, 11) is 1.39. The second kappa shape index (κ2) is 8.62. The number of esters is 1. The summed E-state index contributed by atoms with van der Waals surface area (Å²) >= 11 is 7.08. The van der Waals surface area contributed by atoms with E-state index in [9.17, 15) is 4.79 Å². The number of nitrogens with zero attached hydrogens (tertiary/aromatic N) is 2. The largest absolute Gasteiger partial charge is 0.465 e. The van der Waals surface area contributed by atoms with Crippen molar-refractivity contribution in [1.82, 2.24) is 9.80 Å². The van der Waals surface area contributed by atoms with Crippen molar-refractivity contribution in [3.05, 3.63) is 52.4 Å². The Morgan fingerprint density at radius 3 is 2.58 bits per heavy atom. The van der Waals surface area contributed by atoms with Crippen LogP contribution in [0.2, 0.25) is 0 Å². The van der Waals surface area contributed by atoms with E-state index in [0.29, 0.717) is 10.7 Å². The van der Waals surface area contributed by atoms with Crippen LogP contribution in [0.1, 0.15) is 20.8 Å². The average Bonchev–Trinajstić information content (AvgIpc) is 3.02. The lowest BCUT2D eigenvalue weighted by Crippen LogP contribution is -2.49. The molecule has 138 valence electrons. The molecule has 2 heterocycles. The summed E-state index contributed by atoms with van der Waals surface area (Å²) < 4.78 is 4.85. The quantitative estimate of drug-likeness (QED) is 0.639. The van der Waals surface area contributed by atoms with Gasteiger partial charge in [-0.05, 0) is 30.8 Å². The first-order chi connectivity index (χ1) is 12.6. The minimum Gasteiger partial charge on any atom is -0.465 e. The molecule has 0 saturated carbocycles. The summed E-state index contributed by atoms with van der Waals surface area (Å²) in [4.78, 5) is 17.5. The van der Waals surface area contributed by atoms with Gasteiger partial charge in [-0.15, -0.1) is 11.3 Å². The SMILES string of the molecule is COC(=O)c1cc(C)sc1NC(=S)N1CCN(Cc2ccccc2)CC1. The number of ether oxygens (including phenoxy) is 1. The predicted molar refractivity (Wildman–Crippen MR) is 110 cm³/mol. The maximum atomic E-state index is 11.9. The number of hydrogen-bond acceptors (Lipinski definition) is 5. The summed E-state index contributed by atoms with van der Waals surface area (Å²) in [5.41, 5.74) is 1.87. The summed E-state index contributed by atoms with van der Waals surface area (Å²) in [6, 6.07) is 12.3. The fourth-order valence-electron chi connectivity index (χ4n) is 3.00. The number of carbonyl (C=O) groups excluding carboxylic acids is 1. The van der Waals surface area contributed by atoms with Crippen LogP contribution < -0.4 is 5.32 Å². The lowest BCUT2D eigenvalue weighted by atomic mass is 10.2. The second-order valence-corrected chi connectivity index (χ2v) is 7.91. The Balaban J connectivity index is 1.55. The predicted octanol–water partition coefficient (Wildman–Crippen LogP) is 3.36. The highest BCUT2D eigenvalue weighted by molar-refractivity contribution is 7.80. The molecular formula is C19H23N3O2S2. The Labute approximate surface area is 163 Å². The fraction of sp³-hybridized carbons (Fsp3) is 0.368. The van der Waals surface area contributed by atoms with E-state index < -0.39 is 0 Å². The minimum atomic E-state index is -0.340. The summed E-state index contributed by atoms with van der Waals surface area (Å²) in [6.45, 7) is 6.60. The van der Waals surface area contributed by atoms with E-state index in [1.54, 1.807) is 0 Å². The van der Waals surface area contributed by atoms with Gasteiger partial charge in [-0.1, -0.05) is 30.3 Å². The topological polar surface area (TPSA) is 44.8 Å². The molecule has 1 aromatic heterocycles. The molecule has 0 bridgehead atoms. The van der Waals surface area contributed by atoms with E-state index in [-0.39, 0.29) is 5.97 Å². The highest BCUT2D eigenvalue weighted by atomic mass is 32.1. The maximum Gasteiger partial charge on any atom is 0.340 e. The molecule has 1 aliphatic heterocycles. The molecule has 0 atom stereocenters. The van der Waals surface area contributed by atoms with Crippen molar-refractivity contribution in [2.75, 3.05) is 38.6 Å². The fourth-order valence-corrected chi connectivity index (χ4v) is 4.24. The van der Waals surface area contributed by atoms with Crippen LogP contribution in [0.25, 0.3) is 0 Å². The van der Waals surface area contributed by atoms with Crippen molar-refractivity contribution in [1.29, 1.82) is 0 Å². The van der Waals surface area contributed by atoms with Gasteiger partial charge in [0.25, 0.3) is 0 Å². The van der Waals surface area contributed by atoms with E-state index in [1.165, 1.54) is 24.0 Å². The molecule has 26 heavy (non-hydrogen) atoms. The molecule has 0 unspecified atom stereocenters. The smallest absolute Gasteiger partial charge is 0.340 e. The second-order valence-electron chi connectivity index (χ2n) is 6.27. The lowest BCUT2D eigenvalue weighted by molar-refractivity contribution is 0.0602. The highest BCUT2D eigenvalue weighted by Gasteiger charge is 2.21. The van der Waals surface area contributed by atoms with Gasteiger partial charge >= 0.3 is 5.97 Å². The summed E-state index contributed by atoms with van der Waals surface area (Å²) in [5.74, 6) is -0.340. The van der Waals surface area contributed by atoms with Crippen LogP contribution in [-0.2, 0) is 11.3 Å². The molecule has 2 aromatic rings. The molecule has 0 radical (unpaired) electrons. The molecule has 5 nitrogen and oxygen atoms in total. The van der Waals surface area contributed by atoms with Crippen LogP contribution in [-0.4, -0.2) is 54.2 Å². The lowest BCUT2D eigenvalue weighted by Gasteiger charge is -2.36. The first-order valence-corrected chi connectivity index (χ1v) is 9.80. The van der Waals surface area contributed by atoms with Crippen molar-refractivity contribution in [3.63, 3.8) is 0 Å². The summed E-state index contributed by atoms with van der Waals surface area (Å²) in [6.07, 6.45) is 0. The molecule has 0 aliphatic carbocycles. The number of carbonyl (C=O) groups is 1. The van der Waals surface area contributed by atoms with Crippen molar-refractivity contribution in [3.8, 4) is 0 Å². The van der Waals surface area contributed by atoms with Gasteiger partial charge in [-0.3, -0.25) is 4.90 Å². The normalized spacial score (nSPS) is 14.9. The molecule has 3 rings (SSSR count). The van der Waals surface area contributed by atoms with Gasteiger partial charge in [0.2, 0.25) is 0 Å². The third kappa shape index (κ3) is 4.60.